The smallest absolute Gasteiger partial charge is 0.111 e. The van der Waals surface area contributed by atoms with Crippen LogP contribution in [0.5, 0.6) is 0 Å². The van der Waals surface area contributed by atoms with Crippen LogP contribution >= 0.6 is 0 Å². The van der Waals surface area contributed by atoms with Gasteiger partial charge in [-0.15, -0.1) is 0 Å². The zero-order chi connectivity index (χ0) is 6.15. The third-order valence-corrected chi connectivity index (χ3v) is 1.25. The van der Waals surface area contributed by atoms with E-state index in [2.05, 4.69) is 0 Å². The van der Waals surface area contributed by atoms with Crippen LogP contribution in [0.2, 0.25) is 0 Å². The molecular weight excluding hydrogens is 104 g/mol. The average molecular weight is 114 g/mol. The van der Waals surface area contributed by atoms with Crippen molar-refractivity contribution in [2.75, 3.05) is 13.6 Å². The van der Waals surface area contributed by atoms with Crippen molar-refractivity contribution < 1.29 is 0 Å². The molecule has 0 saturated carbocycles. The van der Waals surface area contributed by atoms with Crippen molar-refractivity contribution in [3.05, 3.63) is 11.9 Å². The first-order valence-electron chi connectivity index (χ1n) is 2.43. The van der Waals surface area contributed by atoms with E-state index in [1.165, 1.54) is 5.12 Å². The van der Waals surface area contributed by atoms with Gasteiger partial charge in [-0.3, -0.25) is 10.9 Å². The van der Waals surface area contributed by atoms with E-state index in [1.54, 1.807) is 5.01 Å². The Bertz CT molecular complexity index is 119. The van der Waals surface area contributed by atoms with Crippen LogP contribution in [-0.4, -0.2) is 23.7 Å². The third kappa shape index (κ3) is 0.635. The first-order chi connectivity index (χ1) is 3.72. The van der Waals surface area contributed by atoms with E-state index in [4.69, 9.17) is 11.6 Å². The lowest BCUT2D eigenvalue weighted by molar-refractivity contribution is 0.0670. The van der Waals surface area contributed by atoms with Gasteiger partial charge in [0.2, 0.25) is 0 Å². The van der Waals surface area contributed by atoms with Crippen molar-refractivity contribution in [3.63, 3.8) is 0 Å². The largest absolute Gasteiger partial charge is 0.385 e. The highest BCUT2D eigenvalue weighted by molar-refractivity contribution is 4.99. The highest BCUT2D eigenvalue weighted by Crippen LogP contribution is 2.02. The summed E-state index contributed by atoms with van der Waals surface area (Å²) in [6.45, 7) is 0.711. The summed E-state index contributed by atoms with van der Waals surface area (Å²) in [7, 11) is 1.82. The fraction of sp³-hybridized carbons (Fsp3) is 0.500. The molecule has 0 radical (unpaired) electrons. The maximum Gasteiger partial charge on any atom is 0.111 e. The molecular formula is C4H10N4. The maximum atomic E-state index is 5.43. The second-order valence-electron chi connectivity index (χ2n) is 1.77. The molecule has 4 heteroatoms. The van der Waals surface area contributed by atoms with Crippen LogP contribution in [0.1, 0.15) is 0 Å². The quantitative estimate of drug-likeness (QED) is 0.389. The van der Waals surface area contributed by atoms with E-state index in [0.717, 1.165) is 0 Å². The van der Waals surface area contributed by atoms with E-state index < -0.39 is 0 Å². The molecule has 4 nitrogen and oxygen atoms in total. The van der Waals surface area contributed by atoms with Crippen LogP contribution in [0, 0.1) is 0 Å². The first-order valence-corrected chi connectivity index (χ1v) is 2.43. The predicted octanol–water partition coefficient (Wildman–Crippen LogP) is -1.18. The SMILES string of the molecule is CN1C(N)=CCN1N. The Morgan fingerprint density at radius 3 is 2.50 bits per heavy atom. The molecule has 1 rings (SSSR count). The van der Waals surface area contributed by atoms with Crippen molar-refractivity contribution >= 4 is 0 Å². The molecule has 8 heavy (non-hydrogen) atoms. The summed E-state index contributed by atoms with van der Waals surface area (Å²) < 4.78 is 0. The monoisotopic (exact) mass is 114 g/mol. The third-order valence-electron chi connectivity index (χ3n) is 1.25. The summed E-state index contributed by atoms with van der Waals surface area (Å²) >= 11 is 0. The molecule has 1 aliphatic heterocycles. The van der Waals surface area contributed by atoms with Crippen LogP contribution in [0.4, 0.5) is 0 Å². The number of nitrogens with two attached hydrogens (primary N) is 2. The van der Waals surface area contributed by atoms with E-state index >= 15 is 0 Å². The Hall–Kier alpha value is -0.740. The lowest BCUT2D eigenvalue weighted by Gasteiger charge is -2.20. The Morgan fingerprint density at radius 1 is 1.75 bits per heavy atom. The van der Waals surface area contributed by atoms with Gasteiger partial charge in [0.15, 0.2) is 0 Å². The molecule has 0 spiro atoms. The Labute approximate surface area is 48.3 Å². The summed E-state index contributed by atoms with van der Waals surface area (Å²) in [5, 5.41) is 3.23. The van der Waals surface area contributed by atoms with Crippen molar-refractivity contribution in [2.24, 2.45) is 11.6 Å². The molecule has 0 saturated heterocycles. The van der Waals surface area contributed by atoms with Crippen LogP contribution in [0.3, 0.4) is 0 Å². The minimum Gasteiger partial charge on any atom is -0.385 e. The fourth-order valence-corrected chi connectivity index (χ4v) is 0.590. The number of hydrogen-bond donors (Lipinski definition) is 2. The maximum absolute atomic E-state index is 5.43. The Balaban J connectivity index is 2.59. The van der Waals surface area contributed by atoms with Gasteiger partial charge in [-0.25, -0.2) is 0 Å². The van der Waals surface area contributed by atoms with Gasteiger partial charge in [-0.05, 0) is 6.08 Å². The van der Waals surface area contributed by atoms with Crippen molar-refractivity contribution in [2.45, 2.75) is 0 Å². The second-order valence-corrected chi connectivity index (χ2v) is 1.77. The van der Waals surface area contributed by atoms with Gasteiger partial charge in [0.05, 0.1) is 6.54 Å². The van der Waals surface area contributed by atoms with Gasteiger partial charge in [-0.2, -0.15) is 5.12 Å². The molecule has 0 aromatic heterocycles. The minimum absolute atomic E-state index is 0.711. The van der Waals surface area contributed by atoms with Crippen LogP contribution < -0.4 is 11.6 Å². The van der Waals surface area contributed by atoms with Crippen LogP contribution in [-0.2, 0) is 0 Å². The van der Waals surface area contributed by atoms with Gasteiger partial charge < -0.3 is 5.73 Å². The summed E-state index contributed by atoms with van der Waals surface area (Å²) in [5.41, 5.74) is 5.43. The number of rotatable bonds is 0. The zero-order valence-corrected chi connectivity index (χ0v) is 4.83. The molecule has 0 fully saturated rings. The molecule has 0 atom stereocenters. The molecule has 1 aliphatic rings. The average Bonchev–Trinajstić information content (AvgIpc) is 1.98. The molecule has 4 N–H and O–H groups in total. The van der Waals surface area contributed by atoms with E-state index in [0.29, 0.717) is 12.4 Å². The lowest BCUT2D eigenvalue weighted by Crippen LogP contribution is -2.41. The topological polar surface area (TPSA) is 58.5 Å². The summed E-state index contributed by atoms with van der Waals surface area (Å²) in [6, 6.07) is 0. The lowest BCUT2D eigenvalue weighted by atomic mass is 10.6. The van der Waals surface area contributed by atoms with Gasteiger partial charge in [0, 0.05) is 7.05 Å². The fourth-order valence-electron chi connectivity index (χ4n) is 0.590. The van der Waals surface area contributed by atoms with Gasteiger partial charge >= 0.3 is 0 Å². The standard InChI is InChI=1S/C4H10N4/c1-7-4(5)2-3-8(7)6/h2H,3,5-6H2,1H3. The highest BCUT2D eigenvalue weighted by Gasteiger charge is 2.12. The minimum atomic E-state index is 0.711. The number of nitrogens with zero attached hydrogens (tertiary/aromatic N) is 2. The summed E-state index contributed by atoms with van der Waals surface area (Å²) in [5.74, 6) is 6.11. The zero-order valence-electron chi connectivity index (χ0n) is 4.83. The molecule has 0 aromatic rings. The summed E-state index contributed by atoms with van der Waals surface area (Å²) in [4.78, 5) is 0. The van der Waals surface area contributed by atoms with Crippen molar-refractivity contribution in [1.29, 1.82) is 0 Å². The number of hydrazine groups is 2. The molecule has 46 valence electrons. The van der Waals surface area contributed by atoms with E-state index in [1.807, 2.05) is 13.1 Å². The van der Waals surface area contributed by atoms with E-state index in [9.17, 15) is 0 Å². The highest BCUT2D eigenvalue weighted by atomic mass is 15.8. The van der Waals surface area contributed by atoms with Crippen molar-refractivity contribution in [1.82, 2.24) is 10.1 Å². The normalized spacial score (nSPS) is 21.8. The molecule has 0 unspecified atom stereocenters. The van der Waals surface area contributed by atoms with Gasteiger partial charge in [-0.1, -0.05) is 0 Å². The second kappa shape index (κ2) is 1.65. The Morgan fingerprint density at radius 2 is 2.38 bits per heavy atom. The van der Waals surface area contributed by atoms with Gasteiger partial charge in [0.25, 0.3) is 0 Å². The van der Waals surface area contributed by atoms with Crippen molar-refractivity contribution in [3.8, 4) is 0 Å². The first kappa shape index (κ1) is 5.40. The van der Waals surface area contributed by atoms with Crippen LogP contribution in [0.25, 0.3) is 0 Å². The van der Waals surface area contributed by atoms with Gasteiger partial charge in [0.1, 0.15) is 5.82 Å². The number of hydrogen-bond acceptors (Lipinski definition) is 4. The predicted molar refractivity (Wildman–Crippen MR) is 30.9 cm³/mol. The molecule has 0 aromatic carbocycles. The Kier molecular flexibility index (Phi) is 1.11. The molecule has 0 amide bonds. The molecule has 0 bridgehead atoms. The van der Waals surface area contributed by atoms with Crippen LogP contribution in [0.15, 0.2) is 11.9 Å². The van der Waals surface area contributed by atoms with E-state index in [-0.39, 0.29) is 0 Å². The summed E-state index contributed by atoms with van der Waals surface area (Å²) in [6.07, 6.45) is 1.86. The molecule has 0 aliphatic carbocycles. The molecule has 1 heterocycles.